The summed E-state index contributed by atoms with van der Waals surface area (Å²) in [6.07, 6.45) is 3.03. The fourth-order valence-corrected chi connectivity index (χ4v) is 4.93. The Bertz CT molecular complexity index is 64.9. The first kappa shape index (κ1) is 6.97. The minimum Gasteiger partial charge on any atom is -0.121 e. The number of hydrogen-bond acceptors (Lipinski definition) is 0. The molecule has 1 aliphatic heterocycles. The van der Waals surface area contributed by atoms with E-state index in [2.05, 4.69) is 13.8 Å². The van der Waals surface area contributed by atoms with Crippen molar-refractivity contribution in [3.63, 3.8) is 0 Å². The third-order valence-corrected chi connectivity index (χ3v) is 5.63. The summed E-state index contributed by atoms with van der Waals surface area (Å²) in [5.41, 5.74) is 2.11. The van der Waals surface area contributed by atoms with E-state index in [1.807, 2.05) is 0 Å². The Labute approximate surface area is 55.4 Å². The molecule has 0 bridgehead atoms. The van der Waals surface area contributed by atoms with Crippen molar-refractivity contribution in [1.82, 2.24) is 0 Å². The van der Waals surface area contributed by atoms with Gasteiger partial charge in [0.2, 0.25) is 0 Å². The van der Waals surface area contributed by atoms with Gasteiger partial charge in [0, 0.05) is 0 Å². The molecule has 0 N–H and O–H groups in total. The predicted octanol–water partition coefficient (Wildman–Crippen LogP) is 2.13. The highest BCUT2D eigenvalue weighted by atomic mass is 31.1. The molecule has 0 nitrogen and oxygen atoms in total. The predicted molar refractivity (Wildman–Crippen MR) is 45.3 cm³/mol. The number of rotatable bonds is 0. The topological polar surface area (TPSA) is 0 Å². The van der Waals surface area contributed by atoms with Gasteiger partial charge in [-0.15, -0.1) is 17.2 Å². The molecule has 1 heterocycles. The van der Waals surface area contributed by atoms with Crippen LogP contribution in [0.15, 0.2) is 0 Å². The Balaban J connectivity index is 2.23. The van der Waals surface area contributed by atoms with Crippen LogP contribution in [0.3, 0.4) is 0 Å². The molecular formula is C6H14P2. The third-order valence-electron chi connectivity index (χ3n) is 1.47. The van der Waals surface area contributed by atoms with E-state index in [-0.39, 0.29) is 0 Å². The fourth-order valence-electron chi connectivity index (χ4n) is 1.12. The molecule has 0 spiro atoms. The van der Waals surface area contributed by atoms with Gasteiger partial charge in [-0.2, -0.15) is 0 Å². The second-order valence-corrected chi connectivity index (χ2v) is 6.25. The smallest absolute Gasteiger partial charge is 0.0226 e. The number of hydrogen-bond donors (Lipinski definition) is 0. The first-order valence-corrected chi connectivity index (χ1v) is 5.82. The molecule has 1 aliphatic rings. The van der Waals surface area contributed by atoms with Gasteiger partial charge in [-0.3, -0.25) is 0 Å². The summed E-state index contributed by atoms with van der Waals surface area (Å²) in [5.74, 6) is 0. The molecule has 1 saturated heterocycles. The van der Waals surface area contributed by atoms with E-state index in [9.17, 15) is 0 Å². The van der Waals surface area contributed by atoms with Gasteiger partial charge in [-0.25, -0.2) is 0 Å². The van der Waals surface area contributed by atoms with Crippen LogP contribution < -0.4 is 0 Å². The monoisotopic (exact) mass is 148 g/mol. The summed E-state index contributed by atoms with van der Waals surface area (Å²) in [6, 6.07) is 0. The zero-order chi connectivity index (χ0) is 5.98. The van der Waals surface area contributed by atoms with Crippen molar-refractivity contribution in [2.24, 2.45) is 0 Å². The van der Waals surface area contributed by atoms with Crippen LogP contribution in [0.2, 0.25) is 0 Å². The molecule has 0 aromatic rings. The van der Waals surface area contributed by atoms with Crippen LogP contribution in [-0.2, 0) is 0 Å². The van der Waals surface area contributed by atoms with Gasteiger partial charge in [0.15, 0.2) is 0 Å². The van der Waals surface area contributed by atoms with E-state index in [1.54, 1.807) is 0 Å². The summed E-state index contributed by atoms with van der Waals surface area (Å²) >= 11 is 0. The highest BCUT2D eigenvalue weighted by Crippen LogP contribution is 2.37. The lowest BCUT2D eigenvalue weighted by Crippen LogP contribution is -2.12. The molecular weight excluding hydrogens is 134 g/mol. The molecule has 0 aliphatic carbocycles. The van der Waals surface area contributed by atoms with E-state index < -0.39 is 0 Å². The van der Waals surface area contributed by atoms with E-state index in [1.165, 1.54) is 29.5 Å². The summed E-state index contributed by atoms with van der Waals surface area (Å²) < 4.78 is 0. The van der Waals surface area contributed by atoms with Crippen LogP contribution in [0.4, 0.5) is 0 Å². The van der Waals surface area contributed by atoms with Gasteiger partial charge in [-0.05, 0) is 23.6 Å². The van der Waals surface area contributed by atoms with Crippen LogP contribution in [0, 0.1) is 0 Å². The van der Waals surface area contributed by atoms with Gasteiger partial charge < -0.3 is 0 Å². The normalized spacial score (nSPS) is 45.8. The largest absolute Gasteiger partial charge is 0.121 e. The summed E-state index contributed by atoms with van der Waals surface area (Å²) in [7, 11) is 2.53. The minimum atomic E-state index is 1.05. The summed E-state index contributed by atoms with van der Waals surface area (Å²) in [5, 5.41) is 0. The average Bonchev–Trinajstić information content (AvgIpc) is 1.64. The summed E-state index contributed by atoms with van der Waals surface area (Å²) in [6.45, 7) is 4.78. The Kier molecular flexibility index (Phi) is 2.73. The molecule has 8 heavy (non-hydrogen) atoms. The van der Waals surface area contributed by atoms with Gasteiger partial charge in [0.25, 0.3) is 0 Å². The second kappa shape index (κ2) is 3.14. The van der Waals surface area contributed by atoms with E-state index in [0.717, 1.165) is 11.3 Å². The summed E-state index contributed by atoms with van der Waals surface area (Å²) in [4.78, 5) is 0. The SMILES string of the molecule is CC1CPCC(C)P1. The maximum absolute atomic E-state index is 2.39. The lowest BCUT2D eigenvalue weighted by Gasteiger charge is -2.23. The lowest BCUT2D eigenvalue weighted by atomic mass is 10.5. The van der Waals surface area contributed by atoms with Crippen molar-refractivity contribution in [3.05, 3.63) is 0 Å². The van der Waals surface area contributed by atoms with Crippen molar-refractivity contribution >= 4 is 17.2 Å². The minimum absolute atomic E-state index is 1.05. The van der Waals surface area contributed by atoms with Gasteiger partial charge in [0.1, 0.15) is 0 Å². The van der Waals surface area contributed by atoms with Gasteiger partial charge in [0.05, 0.1) is 0 Å². The Hall–Kier alpha value is 0.860. The van der Waals surface area contributed by atoms with E-state index in [4.69, 9.17) is 0 Å². The molecule has 0 amide bonds. The Morgan fingerprint density at radius 3 is 1.88 bits per heavy atom. The Morgan fingerprint density at radius 2 is 1.62 bits per heavy atom. The molecule has 48 valence electrons. The highest BCUT2D eigenvalue weighted by molar-refractivity contribution is 7.47. The lowest BCUT2D eigenvalue weighted by molar-refractivity contribution is 1.01. The highest BCUT2D eigenvalue weighted by Gasteiger charge is 2.13. The standard InChI is InChI=1S/C6H14P2/c1-5-3-7-4-6(2)8-5/h5-8H,3-4H2,1-2H3. The first-order chi connectivity index (χ1) is 3.79. The van der Waals surface area contributed by atoms with Crippen molar-refractivity contribution in [2.45, 2.75) is 25.2 Å². The maximum Gasteiger partial charge on any atom is -0.0226 e. The van der Waals surface area contributed by atoms with Gasteiger partial charge in [-0.1, -0.05) is 13.8 Å². The molecule has 2 heteroatoms. The molecule has 0 radical (unpaired) electrons. The van der Waals surface area contributed by atoms with Crippen LogP contribution in [-0.4, -0.2) is 23.6 Å². The maximum atomic E-state index is 2.39. The average molecular weight is 148 g/mol. The molecule has 0 aromatic heterocycles. The molecule has 1 fully saturated rings. The van der Waals surface area contributed by atoms with Crippen molar-refractivity contribution in [2.75, 3.05) is 12.3 Å². The van der Waals surface area contributed by atoms with Crippen LogP contribution in [0.1, 0.15) is 13.8 Å². The first-order valence-electron chi connectivity index (χ1n) is 3.26. The molecule has 0 saturated carbocycles. The van der Waals surface area contributed by atoms with Crippen molar-refractivity contribution < 1.29 is 0 Å². The van der Waals surface area contributed by atoms with E-state index >= 15 is 0 Å². The van der Waals surface area contributed by atoms with Crippen LogP contribution in [0.25, 0.3) is 0 Å². The van der Waals surface area contributed by atoms with Crippen LogP contribution >= 0.6 is 17.2 Å². The zero-order valence-corrected chi connectivity index (χ0v) is 7.57. The molecule has 2 unspecified atom stereocenters. The molecule has 1 rings (SSSR count). The second-order valence-electron chi connectivity index (χ2n) is 2.63. The molecule has 0 aromatic carbocycles. The molecule has 2 atom stereocenters. The van der Waals surface area contributed by atoms with Crippen LogP contribution in [0.5, 0.6) is 0 Å². The third kappa shape index (κ3) is 2.00. The zero-order valence-electron chi connectivity index (χ0n) is 5.57. The van der Waals surface area contributed by atoms with E-state index in [0.29, 0.717) is 0 Å². The quantitative estimate of drug-likeness (QED) is 0.461. The van der Waals surface area contributed by atoms with Crippen molar-refractivity contribution in [1.29, 1.82) is 0 Å². The van der Waals surface area contributed by atoms with Crippen molar-refractivity contribution in [3.8, 4) is 0 Å². The fraction of sp³-hybridized carbons (Fsp3) is 1.00. The Morgan fingerprint density at radius 1 is 1.12 bits per heavy atom. The van der Waals surface area contributed by atoms with Gasteiger partial charge >= 0.3 is 0 Å².